The maximum atomic E-state index is 10.5. The summed E-state index contributed by atoms with van der Waals surface area (Å²) in [6.07, 6.45) is 1.49. The summed E-state index contributed by atoms with van der Waals surface area (Å²) >= 11 is 0. The zero-order valence-electron chi connectivity index (χ0n) is 8.84. The quantitative estimate of drug-likeness (QED) is 0.737. The predicted molar refractivity (Wildman–Crippen MR) is 54.0 cm³/mol. The molecule has 1 aromatic heterocycles. The monoisotopic (exact) mass is 227 g/mol. The third-order valence-corrected chi connectivity index (χ3v) is 2.05. The Kier molecular flexibility index (Phi) is 4.07. The summed E-state index contributed by atoms with van der Waals surface area (Å²) in [4.78, 5) is 22.4. The van der Waals surface area contributed by atoms with Crippen molar-refractivity contribution in [2.45, 2.75) is 13.5 Å². The van der Waals surface area contributed by atoms with Gasteiger partial charge in [-0.25, -0.2) is 0 Å². The Labute approximate surface area is 92.1 Å². The fraction of sp³-hybridized carbons (Fsp3) is 0.400. The van der Waals surface area contributed by atoms with Gasteiger partial charge in [-0.1, -0.05) is 0 Å². The van der Waals surface area contributed by atoms with Crippen molar-refractivity contribution >= 4 is 11.9 Å². The number of hydrogen-bond donors (Lipinski definition) is 2. The molecule has 0 aliphatic heterocycles. The predicted octanol–water partition coefficient (Wildman–Crippen LogP) is 0.559. The summed E-state index contributed by atoms with van der Waals surface area (Å²) in [6.45, 7) is 1.34. The highest BCUT2D eigenvalue weighted by Gasteiger charge is 2.16. The second-order valence-electron chi connectivity index (χ2n) is 3.46. The van der Waals surface area contributed by atoms with E-state index in [1.807, 2.05) is 6.92 Å². The molecular formula is C10H13NO5. The van der Waals surface area contributed by atoms with Crippen LogP contribution in [0.1, 0.15) is 11.3 Å². The van der Waals surface area contributed by atoms with Crippen molar-refractivity contribution in [3.8, 4) is 0 Å². The van der Waals surface area contributed by atoms with Crippen LogP contribution in [0.2, 0.25) is 0 Å². The highest BCUT2D eigenvalue weighted by molar-refractivity contribution is 5.72. The molecule has 0 amide bonds. The Morgan fingerprint density at radius 3 is 2.25 bits per heavy atom. The highest BCUT2D eigenvalue weighted by atomic mass is 16.4. The summed E-state index contributed by atoms with van der Waals surface area (Å²) in [5.41, 5.74) is 0.876. The molecule has 0 bridgehead atoms. The van der Waals surface area contributed by atoms with Crippen molar-refractivity contribution < 1.29 is 24.2 Å². The molecule has 6 heteroatoms. The number of carboxylic acid groups (broad SMARTS) is 2. The van der Waals surface area contributed by atoms with Crippen molar-refractivity contribution in [2.75, 3.05) is 13.1 Å². The van der Waals surface area contributed by atoms with Crippen LogP contribution in [-0.4, -0.2) is 40.1 Å². The zero-order valence-corrected chi connectivity index (χ0v) is 8.84. The van der Waals surface area contributed by atoms with Gasteiger partial charge in [0, 0.05) is 0 Å². The number of carboxylic acids is 2. The minimum absolute atomic E-state index is 0.178. The van der Waals surface area contributed by atoms with Gasteiger partial charge < -0.3 is 14.6 Å². The normalized spacial score (nSPS) is 10.6. The number of aryl methyl sites for hydroxylation is 1. The molecular weight excluding hydrogens is 214 g/mol. The van der Waals surface area contributed by atoms with Crippen LogP contribution < -0.4 is 0 Å². The number of hydrogen-bond acceptors (Lipinski definition) is 4. The molecule has 0 saturated carbocycles. The Morgan fingerprint density at radius 2 is 1.88 bits per heavy atom. The van der Waals surface area contributed by atoms with Gasteiger partial charge >= 0.3 is 11.9 Å². The zero-order chi connectivity index (χ0) is 12.1. The molecule has 0 unspecified atom stereocenters. The Hall–Kier alpha value is -1.82. The standard InChI is InChI=1S/C10H13NO5/c1-7-2-3-16-8(7)4-11(5-9(12)13)6-10(14)15/h2-3H,4-6H2,1H3,(H,12,13)(H,14,15). The molecule has 16 heavy (non-hydrogen) atoms. The average Bonchev–Trinajstić information content (AvgIpc) is 2.49. The van der Waals surface area contributed by atoms with Gasteiger partial charge in [0.05, 0.1) is 25.9 Å². The second-order valence-corrected chi connectivity index (χ2v) is 3.46. The third kappa shape index (κ3) is 3.74. The molecule has 0 aliphatic rings. The maximum absolute atomic E-state index is 10.5. The molecule has 0 spiro atoms. The van der Waals surface area contributed by atoms with Gasteiger partial charge in [-0.15, -0.1) is 0 Å². The summed E-state index contributed by atoms with van der Waals surface area (Å²) < 4.78 is 5.13. The van der Waals surface area contributed by atoms with Crippen LogP contribution in [0, 0.1) is 6.92 Å². The summed E-state index contributed by atoms with van der Waals surface area (Å²) in [5.74, 6) is -1.54. The van der Waals surface area contributed by atoms with E-state index in [1.165, 1.54) is 11.2 Å². The smallest absolute Gasteiger partial charge is 0.317 e. The first-order valence-corrected chi connectivity index (χ1v) is 4.68. The largest absolute Gasteiger partial charge is 0.480 e. The van der Waals surface area contributed by atoms with Crippen LogP contribution in [0.15, 0.2) is 16.7 Å². The Bertz CT molecular complexity index is 368. The van der Waals surface area contributed by atoms with Gasteiger partial charge in [0.25, 0.3) is 0 Å². The number of furan rings is 1. The minimum Gasteiger partial charge on any atom is -0.480 e. The topological polar surface area (TPSA) is 91.0 Å². The van der Waals surface area contributed by atoms with Gasteiger partial charge in [0.1, 0.15) is 5.76 Å². The molecule has 1 heterocycles. The highest BCUT2D eigenvalue weighted by Crippen LogP contribution is 2.11. The third-order valence-electron chi connectivity index (χ3n) is 2.05. The Morgan fingerprint density at radius 1 is 1.31 bits per heavy atom. The summed E-state index contributed by atoms with van der Waals surface area (Å²) in [7, 11) is 0. The van der Waals surface area contributed by atoms with Crippen LogP contribution >= 0.6 is 0 Å². The molecule has 1 aromatic rings. The maximum Gasteiger partial charge on any atom is 0.317 e. The molecule has 0 atom stereocenters. The van der Waals surface area contributed by atoms with Gasteiger partial charge in [-0.3, -0.25) is 14.5 Å². The SMILES string of the molecule is Cc1ccoc1CN(CC(=O)O)CC(=O)O. The lowest BCUT2D eigenvalue weighted by Gasteiger charge is -2.16. The van der Waals surface area contributed by atoms with Crippen LogP contribution in [-0.2, 0) is 16.1 Å². The van der Waals surface area contributed by atoms with E-state index in [0.29, 0.717) is 5.76 Å². The second kappa shape index (κ2) is 5.32. The van der Waals surface area contributed by atoms with E-state index in [4.69, 9.17) is 14.6 Å². The fourth-order valence-corrected chi connectivity index (χ4v) is 1.32. The molecule has 0 fully saturated rings. The van der Waals surface area contributed by atoms with Crippen LogP contribution in [0.5, 0.6) is 0 Å². The van der Waals surface area contributed by atoms with Gasteiger partial charge in [0.15, 0.2) is 0 Å². The van der Waals surface area contributed by atoms with E-state index in [-0.39, 0.29) is 19.6 Å². The number of rotatable bonds is 6. The minimum atomic E-state index is -1.06. The van der Waals surface area contributed by atoms with Crippen molar-refractivity contribution in [1.29, 1.82) is 0 Å². The fourth-order valence-electron chi connectivity index (χ4n) is 1.32. The molecule has 0 aliphatic carbocycles. The van der Waals surface area contributed by atoms with Crippen LogP contribution in [0.25, 0.3) is 0 Å². The van der Waals surface area contributed by atoms with Gasteiger partial charge in [-0.2, -0.15) is 0 Å². The number of nitrogens with zero attached hydrogens (tertiary/aromatic N) is 1. The van der Waals surface area contributed by atoms with E-state index in [1.54, 1.807) is 6.07 Å². The van der Waals surface area contributed by atoms with Crippen LogP contribution in [0.3, 0.4) is 0 Å². The lowest BCUT2D eigenvalue weighted by molar-refractivity contribution is -0.142. The molecule has 2 N–H and O–H groups in total. The molecule has 0 aromatic carbocycles. The van der Waals surface area contributed by atoms with Crippen molar-refractivity contribution in [2.24, 2.45) is 0 Å². The number of carbonyl (C=O) groups is 2. The van der Waals surface area contributed by atoms with E-state index >= 15 is 0 Å². The molecule has 0 saturated heterocycles. The van der Waals surface area contributed by atoms with E-state index in [2.05, 4.69) is 0 Å². The lowest BCUT2D eigenvalue weighted by atomic mass is 10.2. The summed E-state index contributed by atoms with van der Waals surface area (Å²) in [5, 5.41) is 17.3. The first-order valence-electron chi connectivity index (χ1n) is 4.68. The molecule has 88 valence electrons. The molecule has 0 radical (unpaired) electrons. The first-order chi connectivity index (χ1) is 7.49. The van der Waals surface area contributed by atoms with Gasteiger partial charge in [-0.05, 0) is 18.6 Å². The molecule has 1 rings (SSSR count). The number of aliphatic carboxylic acids is 2. The summed E-state index contributed by atoms with van der Waals surface area (Å²) in [6, 6.07) is 1.75. The van der Waals surface area contributed by atoms with Crippen molar-refractivity contribution in [3.05, 3.63) is 23.7 Å². The van der Waals surface area contributed by atoms with Crippen molar-refractivity contribution in [3.63, 3.8) is 0 Å². The molecule has 6 nitrogen and oxygen atoms in total. The van der Waals surface area contributed by atoms with Crippen LogP contribution in [0.4, 0.5) is 0 Å². The Balaban J connectivity index is 2.66. The lowest BCUT2D eigenvalue weighted by Crippen LogP contribution is -2.34. The van der Waals surface area contributed by atoms with E-state index in [9.17, 15) is 9.59 Å². The van der Waals surface area contributed by atoms with Crippen molar-refractivity contribution in [1.82, 2.24) is 4.90 Å². The average molecular weight is 227 g/mol. The van der Waals surface area contributed by atoms with E-state index in [0.717, 1.165) is 5.56 Å². The first kappa shape index (κ1) is 12.3. The van der Waals surface area contributed by atoms with Gasteiger partial charge in [0.2, 0.25) is 0 Å². The van der Waals surface area contributed by atoms with E-state index < -0.39 is 11.9 Å².